The van der Waals surface area contributed by atoms with Crippen LogP contribution in [0.5, 0.6) is 0 Å². The molecule has 1 heterocycles. The lowest BCUT2D eigenvalue weighted by Gasteiger charge is -2.32. The molecule has 0 aromatic heterocycles. The van der Waals surface area contributed by atoms with Gasteiger partial charge in [0.25, 0.3) is 0 Å². The molecule has 1 aromatic rings. The fourth-order valence-corrected chi connectivity index (χ4v) is 2.26. The molecule has 5 heteroatoms. The van der Waals surface area contributed by atoms with Crippen molar-refractivity contribution >= 4 is 5.91 Å². The number of hydrogen-bond donors (Lipinski definition) is 2. The number of hydrogen-bond acceptors (Lipinski definition) is 4. The Kier molecular flexibility index (Phi) is 4.90. The molecule has 2 rings (SSSR count). The van der Waals surface area contributed by atoms with Gasteiger partial charge in [-0.15, -0.1) is 0 Å². The van der Waals surface area contributed by atoms with E-state index in [9.17, 15) is 4.79 Å². The molecule has 0 spiro atoms. The Hall–Kier alpha value is -1.43. The SMILES string of the molecule is NCc1ccccc1CC(=O)N1CCOC(CO)C1. The molecule has 1 unspecified atom stereocenters. The van der Waals surface area contributed by atoms with Gasteiger partial charge in [0.05, 0.1) is 25.7 Å². The van der Waals surface area contributed by atoms with E-state index in [1.165, 1.54) is 0 Å². The minimum Gasteiger partial charge on any atom is -0.394 e. The average Bonchev–Trinajstić information content (AvgIpc) is 2.47. The molecule has 104 valence electrons. The molecule has 3 N–H and O–H groups in total. The maximum Gasteiger partial charge on any atom is 0.227 e. The normalized spacial score (nSPS) is 19.5. The number of amides is 1. The summed E-state index contributed by atoms with van der Waals surface area (Å²) in [5.41, 5.74) is 7.65. The highest BCUT2D eigenvalue weighted by Crippen LogP contribution is 2.12. The Labute approximate surface area is 113 Å². The van der Waals surface area contributed by atoms with Crippen molar-refractivity contribution in [1.29, 1.82) is 0 Å². The van der Waals surface area contributed by atoms with Crippen LogP contribution >= 0.6 is 0 Å². The van der Waals surface area contributed by atoms with Gasteiger partial charge in [-0.2, -0.15) is 0 Å². The monoisotopic (exact) mass is 264 g/mol. The highest BCUT2D eigenvalue weighted by molar-refractivity contribution is 5.79. The standard InChI is InChI=1S/C14H20N2O3/c15-8-12-4-2-1-3-11(12)7-14(18)16-5-6-19-13(9-16)10-17/h1-4,13,17H,5-10,15H2. The van der Waals surface area contributed by atoms with Crippen LogP contribution in [0.15, 0.2) is 24.3 Å². The summed E-state index contributed by atoms with van der Waals surface area (Å²) < 4.78 is 5.34. The highest BCUT2D eigenvalue weighted by atomic mass is 16.5. The Morgan fingerprint density at radius 1 is 1.42 bits per heavy atom. The Morgan fingerprint density at radius 3 is 2.84 bits per heavy atom. The maximum atomic E-state index is 12.2. The average molecular weight is 264 g/mol. The van der Waals surface area contributed by atoms with Crippen molar-refractivity contribution in [2.75, 3.05) is 26.3 Å². The molecule has 0 radical (unpaired) electrons. The third-order valence-electron chi connectivity index (χ3n) is 3.38. The number of ether oxygens (including phenoxy) is 1. The number of aliphatic hydroxyl groups excluding tert-OH is 1. The molecular formula is C14H20N2O3. The molecular weight excluding hydrogens is 244 g/mol. The number of nitrogens with two attached hydrogens (primary N) is 1. The number of nitrogens with zero attached hydrogens (tertiary/aromatic N) is 1. The summed E-state index contributed by atoms with van der Waals surface area (Å²) in [6, 6.07) is 7.72. The van der Waals surface area contributed by atoms with E-state index < -0.39 is 0 Å². The van der Waals surface area contributed by atoms with Crippen molar-refractivity contribution in [3.63, 3.8) is 0 Å². The van der Waals surface area contributed by atoms with E-state index >= 15 is 0 Å². The molecule has 19 heavy (non-hydrogen) atoms. The summed E-state index contributed by atoms with van der Waals surface area (Å²) in [5.74, 6) is 0.0580. The van der Waals surface area contributed by atoms with Crippen molar-refractivity contribution in [3.05, 3.63) is 35.4 Å². The zero-order valence-electron chi connectivity index (χ0n) is 10.9. The summed E-state index contributed by atoms with van der Waals surface area (Å²) in [4.78, 5) is 14.0. The third kappa shape index (κ3) is 3.53. The molecule has 1 atom stereocenters. The predicted octanol–water partition coefficient (Wildman–Crippen LogP) is -0.0925. The summed E-state index contributed by atoms with van der Waals surface area (Å²) in [5, 5.41) is 9.08. The maximum absolute atomic E-state index is 12.2. The highest BCUT2D eigenvalue weighted by Gasteiger charge is 2.23. The first kappa shape index (κ1) is 14.0. The van der Waals surface area contributed by atoms with Crippen LogP contribution in [0.1, 0.15) is 11.1 Å². The van der Waals surface area contributed by atoms with Crippen LogP contribution in [-0.4, -0.2) is 48.3 Å². The molecule has 1 aliphatic heterocycles. The van der Waals surface area contributed by atoms with Gasteiger partial charge in [0.2, 0.25) is 5.91 Å². The van der Waals surface area contributed by atoms with Gasteiger partial charge in [-0.1, -0.05) is 24.3 Å². The molecule has 0 aliphatic carbocycles. The van der Waals surface area contributed by atoms with Gasteiger partial charge >= 0.3 is 0 Å². The van der Waals surface area contributed by atoms with Gasteiger partial charge in [-0.05, 0) is 11.1 Å². The van der Waals surface area contributed by atoms with Crippen molar-refractivity contribution < 1.29 is 14.6 Å². The summed E-state index contributed by atoms with van der Waals surface area (Å²) in [6.45, 7) is 1.91. The Morgan fingerprint density at radius 2 is 2.16 bits per heavy atom. The minimum atomic E-state index is -0.262. The third-order valence-corrected chi connectivity index (χ3v) is 3.38. The van der Waals surface area contributed by atoms with Crippen molar-refractivity contribution in [3.8, 4) is 0 Å². The number of carbonyl (C=O) groups excluding carboxylic acids is 1. The number of carbonyl (C=O) groups is 1. The van der Waals surface area contributed by atoms with E-state index in [4.69, 9.17) is 15.6 Å². The molecule has 1 amide bonds. The van der Waals surface area contributed by atoms with Gasteiger partial charge in [-0.3, -0.25) is 4.79 Å². The van der Waals surface area contributed by atoms with Gasteiger partial charge in [0.15, 0.2) is 0 Å². The molecule has 0 saturated carbocycles. The van der Waals surface area contributed by atoms with Crippen LogP contribution in [0.2, 0.25) is 0 Å². The minimum absolute atomic E-state index is 0.0524. The Balaban J connectivity index is 2.00. The van der Waals surface area contributed by atoms with E-state index in [-0.39, 0.29) is 18.6 Å². The summed E-state index contributed by atoms with van der Waals surface area (Å²) in [7, 11) is 0. The zero-order valence-corrected chi connectivity index (χ0v) is 10.9. The Bertz CT molecular complexity index is 436. The van der Waals surface area contributed by atoms with E-state index in [0.29, 0.717) is 32.7 Å². The second-order valence-corrected chi connectivity index (χ2v) is 4.66. The van der Waals surface area contributed by atoms with E-state index in [1.54, 1.807) is 4.90 Å². The second-order valence-electron chi connectivity index (χ2n) is 4.66. The van der Waals surface area contributed by atoms with Gasteiger partial charge in [0, 0.05) is 19.6 Å². The number of aliphatic hydroxyl groups is 1. The van der Waals surface area contributed by atoms with Crippen molar-refractivity contribution in [2.24, 2.45) is 5.73 Å². The lowest BCUT2D eigenvalue weighted by atomic mass is 10.0. The first-order chi connectivity index (χ1) is 9.24. The number of benzene rings is 1. The van der Waals surface area contributed by atoms with Gasteiger partial charge < -0.3 is 20.5 Å². The fourth-order valence-electron chi connectivity index (χ4n) is 2.26. The van der Waals surface area contributed by atoms with Crippen LogP contribution in [0, 0.1) is 0 Å². The largest absolute Gasteiger partial charge is 0.394 e. The van der Waals surface area contributed by atoms with Gasteiger partial charge in [-0.25, -0.2) is 0 Å². The second kappa shape index (κ2) is 6.65. The molecule has 1 aromatic carbocycles. The molecule has 1 fully saturated rings. The van der Waals surface area contributed by atoms with Crippen LogP contribution in [0.4, 0.5) is 0 Å². The van der Waals surface area contributed by atoms with E-state index in [1.807, 2.05) is 24.3 Å². The number of rotatable bonds is 4. The van der Waals surface area contributed by atoms with Crippen molar-refractivity contribution in [1.82, 2.24) is 4.90 Å². The van der Waals surface area contributed by atoms with Gasteiger partial charge in [0.1, 0.15) is 0 Å². The first-order valence-electron chi connectivity index (χ1n) is 6.51. The quantitative estimate of drug-likeness (QED) is 0.797. The summed E-state index contributed by atoms with van der Waals surface area (Å²) >= 11 is 0. The van der Waals surface area contributed by atoms with Crippen LogP contribution in [0.25, 0.3) is 0 Å². The van der Waals surface area contributed by atoms with Crippen LogP contribution in [0.3, 0.4) is 0 Å². The smallest absolute Gasteiger partial charge is 0.227 e. The molecule has 1 aliphatic rings. The lowest BCUT2D eigenvalue weighted by Crippen LogP contribution is -2.47. The predicted molar refractivity (Wildman–Crippen MR) is 71.4 cm³/mol. The lowest BCUT2D eigenvalue weighted by molar-refractivity contribution is -0.139. The topological polar surface area (TPSA) is 75.8 Å². The molecule has 5 nitrogen and oxygen atoms in total. The van der Waals surface area contributed by atoms with Crippen LogP contribution < -0.4 is 5.73 Å². The molecule has 0 bridgehead atoms. The van der Waals surface area contributed by atoms with E-state index in [0.717, 1.165) is 11.1 Å². The summed E-state index contributed by atoms with van der Waals surface area (Å²) in [6.07, 6.45) is 0.0911. The number of morpholine rings is 1. The van der Waals surface area contributed by atoms with E-state index in [2.05, 4.69) is 0 Å². The van der Waals surface area contributed by atoms with Crippen molar-refractivity contribution in [2.45, 2.75) is 19.1 Å². The van der Waals surface area contributed by atoms with Crippen LogP contribution in [-0.2, 0) is 22.5 Å². The fraction of sp³-hybridized carbons (Fsp3) is 0.500. The molecule has 1 saturated heterocycles. The zero-order chi connectivity index (χ0) is 13.7. The first-order valence-corrected chi connectivity index (χ1v) is 6.51.